The fraction of sp³-hybridized carbons (Fsp3) is 1.00. The molecule has 1 unspecified atom stereocenters. The number of nitrogens with two attached hydrogens (primary N) is 1. The Balaban J connectivity index is 2.16. The highest BCUT2D eigenvalue weighted by Gasteiger charge is 2.32. The Morgan fingerprint density at radius 2 is 2.14 bits per heavy atom. The molecule has 0 aromatic carbocycles. The van der Waals surface area contributed by atoms with Crippen molar-refractivity contribution in [1.82, 2.24) is 4.90 Å². The minimum atomic E-state index is 0.188. The van der Waals surface area contributed by atoms with E-state index in [1.807, 2.05) is 11.8 Å². The van der Waals surface area contributed by atoms with Gasteiger partial charge in [0.05, 0.1) is 0 Å². The van der Waals surface area contributed by atoms with Gasteiger partial charge in [-0.05, 0) is 52.5 Å². The second-order valence-electron chi connectivity index (χ2n) is 4.75. The first-order valence-corrected chi connectivity index (χ1v) is 6.95. The third-order valence-electron chi connectivity index (χ3n) is 3.47. The lowest BCUT2D eigenvalue weighted by molar-refractivity contribution is 0.182. The van der Waals surface area contributed by atoms with E-state index in [1.54, 1.807) is 0 Å². The molecule has 0 spiro atoms. The van der Waals surface area contributed by atoms with Gasteiger partial charge < -0.3 is 10.6 Å². The van der Waals surface area contributed by atoms with Crippen LogP contribution in [0.2, 0.25) is 0 Å². The van der Waals surface area contributed by atoms with Gasteiger partial charge in [-0.1, -0.05) is 0 Å². The summed E-state index contributed by atoms with van der Waals surface area (Å²) >= 11 is 1.92. The van der Waals surface area contributed by atoms with Crippen LogP contribution in [0.4, 0.5) is 0 Å². The van der Waals surface area contributed by atoms with Crippen molar-refractivity contribution >= 4 is 11.8 Å². The van der Waals surface area contributed by atoms with Crippen LogP contribution in [0.1, 0.15) is 32.6 Å². The molecular weight excluding hydrogens is 192 g/mol. The average molecular weight is 216 g/mol. The summed E-state index contributed by atoms with van der Waals surface area (Å²) in [5, 5.41) is 0. The number of thioether (sulfide) groups is 1. The molecule has 1 saturated carbocycles. The van der Waals surface area contributed by atoms with E-state index in [2.05, 4.69) is 25.1 Å². The third-order valence-corrected chi connectivity index (χ3v) is 4.29. The molecule has 0 aromatic rings. The standard InChI is InChI=1S/C11H24N2S/c1-10(9-14-3)13(2)8-7-11(12)5-4-6-11/h10H,4-9,12H2,1-3H3. The highest BCUT2D eigenvalue weighted by molar-refractivity contribution is 7.98. The molecular formula is C11H24N2S. The summed E-state index contributed by atoms with van der Waals surface area (Å²) in [4.78, 5) is 2.43. The van der Waals surface area contributed by atoms with Crippen molar-refractivity contribution in [3.8, 4) is 0 Å². The van der Waals surface area contributed by atoms with Crippen LogP contribution in [0.25, 0.3) is 0 Å². The van der Waals surface area contributed by atoms with E-state index in [0.29, 0.717) is 6.04 Å². The van der Waals surface area contributed by atoms with Crippen molar-refractivity contribution in [3.63, 3.8) is 0 Å². The van der Waals surface area contributed by atoms with Gasteiger partial charge in [-0.25, -0.2) is 0 Å². The fourth-order valence-electron chi connectivity index (χ4n) is 1.87. The highest BCUT2D eigenvalue weighted by Crippen LogP contribution is 2.32. The Morgan fingerprint density at radius 3 is 2.57 bits per heavy atom. The number of nitrogens with zero attached hydrogens (tertiary/aromatic N) is 1. The molecule has 0 aliphatic heterocycles. The first-order valence-electron chi connectivity index (χ1n) is 5.55. The molecule has 0 aromatic heterocycles. The summed E-state index contributed by atoms with van der Waals surface area (Å²) < 4.78 is 0. The maximum atomic E-state index is 6.19. The van der Waals surface area contributed by atoms with Crippen LogP contribution in [0.5, 0.6) is 0 Å². The van der Waals surface area contributed by atoms with Gasteiger partial charge in [-0.2, -0.15) is 11.8 Å². The topological polar surface area (TPSA) is 29.3 Å². The molecule has 1 aliphatic carbocycles. The maximum absolute atomic E-state index is 6.19. The Labute approximate surface area is 92.6 Å². The predicted octanol–water partition coefficient (Wildman–Crippen LogP) is 1.94. The molecule has 1 fully saturated rings. The molecule has 1 aliphatic rings. The number of hydrogen-bond acceptors (Lipinski definition) is 3. The molecule has 2 N–H and O–H groups in total. The Hall–Kier alpha value is 0.270. The molecule has 3 heteroatoms. The van der Waals surface area contributed by atoms with Crippen LogP contribution in [-0.4, -0.2) is 42.1 Å². The molecule has 0 bridgehead atoms. The van der Waals surface area contributed by atoms with Gasteiger partial charge in [0.1, 0.15) is 0 Å². The molecule has 14 heavy (non-hydrogen) atoms. The molecule has 84 valence electrons. The van der Waals surface area contributed by atoms with Crippen LogP contribution in [0, 0.1) is 0 Å². The molecule has 0 radical (unpaired) electrons. The van der Waals surface area contributed by atoms with E-state index in [-0.39, 0.29) is 5.54 Å². The first kappa shape index (κ1) is 12.3. The van der Waals surface area contributed by atoms with Gasteiger partial charge >= 0.3 is 0 Å². The summed E-state index contributed by atoms with van der Waals surface area (Å²) in [5.41, 5.74) is 6.38. The summed E-state index contributed by atoms with van der Waals surface area (Å²) in [7, 11) is 2.21. The minimum absolute atomic E-state index is 0.188. The van der Waals surface area contributed by atoms with Crippen LogP contribution >= 0.6 is 11.8 Å². The maximum Gasteiger partial charge on any atom is 0.0166 e. The normalized spacial score (nSPS) is 22.1. The fourth-order valence-corrected chi connectivity index (χ4v) is 2.61. The zero-order chi connectivity index (χ0) is 10.6. The van der Waals surface area contributed by atoms with Crippen molar-refractivity contribution in [2.75, 3.05) is 25.6 Å². The van der Waals surface area contributed by atoms with Crippen LogP contribution < -0.4 is 5.73 Å². The predicted molar refractivity (Wildman–Crippen MR) is 65.9 cm³/mol. The second-order valence-corrected chi connectivity index (χ2v) is 5.66. The lowest BCUT2D eigenvalue weighted by Gasteiger charge is -2.40. The third kappa shape index (κ3) is 3.44. The van der Waals surface area contributed by atoms with Crippen molar-refractivity contribution < 1.29 is 0 Å². The quantitative estimate of drug-likeness (QED) is 0.736. The number of rotatable bonds is 6. The molecule has 0 saturated heterocycles. The smallest absolute Gasteiger partial charge is 0.0166 e. The van der Waals surface area contributed by atoms with Crippen molar-refractivity contribution in [1.29, 1.82) is 0 Å². The Bertz CT molecular complexity index is 169. The van der Waals surface area contributed by atoms with Gasteiger partial charge in [-0.3, -0.25) is 0 Å². The molecule has 0 amide bonds. The monoisotopic (exact) mass is 216 g/mol. The average Bonchev–Trinajstić information content (AvgIpc) is 2.11. The summed E-state index contributed by atoms with van der Waals surface area (Å²) in [6.45, 7) is 3.44. The molecule has 2 nitrogen and oxygen atoms in total. The Morgan fingerprint density at radius 1 is 1.50 bits per heavy atom. The van der Waals surface area contributed by atoms with E-state index < -0.39 is 0 Å². The highest BCUT2D eigenvalue weighted by atomic mass is 32.2. The van der Waals surface area contributed by atoms with Crippen molar-refractivity contribution in [3.05, 3.63) is 0 Å². The minimum Gasteiger partial charge on any atom is -0.325 e. The van der Waals surface area contributed by atoms with Gasteiger partial charge in [0.2, 0.25) is 0 Å². The molecule has 0 heterocycles. The van der Waals surface area contributed by atoms with Gasteiger partial charge in [0, 0.05) is 17.3 Å². The summed E-state index contributed by atoms with van der Waals surface area (Å²) in [6.07, 6.45) is 7.14. The first-order chi connectivity index (χ1) is 6.57. The van der Waals surface area contributed by atoms with E-state index in [4.69, 9.17) is 5.73 Å². The largest absolute Gasteiger partial charge is 0.325 e. The summed E-state index contributed by atoms with van der Waals surface area (Å²) in [5.74, 6) is 1.22. The van der Waals surface area contributed by atoms with Gasteiger partial charge in [0.25, 0.3) is 0 Å². The van der Waals surface area contributed by atoms with Crippen LogP contribution in [0.3, 0.4) is 0 Å². The van der Waals surface area contributed by atoms with Crippen molar-refractivity contribution in [2.24, 2.45) is 5.73 Å². The van der Waals surface area contributed by atoms with Crippen LogP contribution in [-0.2, 0) is 0 Å². The van der Waals surface area contributed by atoms with Gasteiger partial charge in [0.15, 0.2) is 0 Å². The number of hydrogen-bond donors (Lipinski definition) is 1. The molecule has 1 rings (SSSR count). The van der Waals surface area contributed by atoms with Crippen molar-refractivity contribution in [2.45, 2.75) is 44.2 Å². The zero-order valence-corrected chi connectivity index (χ0v) is 10.6. The zero-order valence-electron chi connectivity index (χ0n) is 9.75. The van der Waals surface area contributed by atoms with Crippen LogP contribution in [0.15, 0.2) is 0 Å². The SMILES string of the molecule is CSCC(C)N(C)CCC1(N)CCC1. The second kappa shape index (κ2) is 5.38. The van der Waals surface area contributed by atoms with E-state index in [0.717, 1.165) is 6.54 Å². The lowest BCUT2D eigenvalue weighted by Crippen LogP contribution is -2.49. The lowest BCUT2D eigenvalue weighted by atomic mass is 9.75. The Kier molecular flexibility index (Phi) is 4.74. The van der Waals surface area contributed by atoms with Gasteiger partial charge in [-0.15, -0.1) is 0 Å². The molecule has 1 atom stereocenters. The van der Waals surface area contributed by atoms with E-state index >= 15 is 0 Å². The summed E-state index contributed by atoms with van der Waals surface area (Å²) in [6, 6.07) is 0.675. The van der Waals surface area contributed by atoms with E-state index in [1.165, 1.54) is 31.4 Å². The van der Waals surface area contributed by atoms with E-state index in [9.17, 15) is 0 Å².